The summed E-state index contributed by atoms with van der Waals surface area (Å²) in [5.41, 5.74) is 1.31. The highest BCUT2D eigenvalue weighted by Gasteiger charge is 2.17. The average molecular weight is 324 g/mol. The minimum atomic E-state index is 0.243. The molecule has 3 nitrogen and oxygen atoms in total. The monoisotopic (exact) mass is 323 g/mol. The van der Waals surface area contributed by atoms with E-state index in [1.165, 1.54) is 44.5 Å². The maximum Gasteiger partial charge on any atom is 0.138 e. The Hall–Kier alpha value is -0.770. The minimum Gasteiger partial charge on any atom is -0.489 e. The molecule has 2 fully saturated rings. The van der Waals surface area contributed by atoms with Crippen molar-refractivity contribution in [3.05, 3.63) is 28.8 Å². The fourth-order valence-electron chi connectivity index (χ4n) is 3.28. The van der Waals surface area contributed by atoms with Crippen LogP contribution in [-0.4, -0.2) is 43.9 Å². The van der Waals surface area contributed by atoms with Crippen LogP contribution in [0.5, 0.6) is 5.75 Å². The summed E-state index contributed by atoms with van der Waals surface area (Å²) in [4.78, 5) is 2.56. The van der Waals surface area contributed by atoms with Crippen LogP contribution in [0.25, 0.3) is 0 Å². The minimum absolute atomic E-state index is 0.243. The molecule has 1 aromatic rings. The zero-order valence-corrected chi connectivity index (χ0v) is 14.0. The van der Waals surface area contributed by atoms with Crippen molar-refractivity contribution in [2.24, 2.45) is 0 Å². The van der Waals surface area contributed by atoms with Crippen molar-refractivity contribution in [1.29, 1.82) is 0 Å². The highest BCUT2D eigenvalue weighted by molar-refractivity contribution is 6.32. The molecular formula is C18H26ClNO2. The number of likely N-dealkylation sites (tertiary alicyclic amines) is 1. The molecule has 0 saturated carbocycles. The van der Waals surface area contributed by atoms with E-state index in [1.54, 1.807) is 0 Å². The molecule has 0 spiro atoms. The van der Waals surface area contributed by atoms with Crippen molar-refractivity contribution in [2.45, 2.75) is 44.6 Å². The largest absolute Gasteiger partial charge is 0.489 e. The number of hydrogen-bond acceptors (Lipinski definition) is 3. The molecule has 0 N–H and O–H groups in total. The highest BCUT2D eigenvalue weighted by Crippen LogP contribution is 2.28. The molecule has 3 rings (SSSR count). The van der Waals surface area contributed by atoms with Gasteiger partial charge in [0.05, 0.1) is 18.2 Å². The molecule has 2 aliphatic rings. The second-order valence-corrected chi connectivity index (χ2v) is 6.75. The Morgan fingerprint density at radius 2 is 1.95 bits per heavy atom. The van der Waals surface area contributed by atoms with Gasteiger partial charge in [-0.1, -0.05) is 17.7 Å². The molecule has 0 unspecified atom stereocenters. The molecule has 2 saturated heterocycles. The molecule has 0 bridgehead atoms. The van der Waals surface area contributed by atoms with E-state index >= 15 is 0 Å². The zero-order chi connectivity index (χ0) is 15.2. The van der Waals surface area contributed by atoms with E-state index in [9.17, 15) is 0 Å². The molecule has 4 heteroatoms. The van der Waals surface area contributed by atoms with Gasteiger partial charge in [-0.15, -0.1) is 0 Å². The maximum absolute atomic E-state index is 6.39. The first-order chi connectivity index (χ1) is 10.8. The van der Waals surface area contributed by atoms with Gasteiger partial charge >= 0.3 is 0 Å². The summed E-state index contributed by atoms with van der Waals surface area (Å²) in [7, 11) is 0. The first kappa shape index (κ1) is 16.1. The summed E-state index contributed by atoms with van der Waals surface area (Å²) in [6.45, 7) is 5.34. The number of hydrogen-bond donors (Lipinski definition) is 0. The van der Waals surface area contributed by atoms with E-state index in [0.717, 1.165) is 43.2 Å². The number of nitrogens with zero attached hydrogens (tertiary/aromatic N) is 1. The van der Waals surface area contributed by atoms with Crippen LogP contribution in [0.3, 0.4) is 0 Å². The van der Waals surface area contributed by atoms with E-state index in [1.807, 2.05) is 6.07 Å². The normalized spacial score (nSPS) is 20.4. The second kappa shape index (κ2) is 8.19. The van der Waals surface area contributed by atoms with Crippen molar-refractivity contribution < 1.29 is 9.47 Å². The third kappa shape index (κ3) is 4.61. The van der Waals surface area contributed by atoms with E-state index in [-0.39, 0.29) is 6.10 Å². The summed E-state index contributed by atoms with van der Waals surface area (Å²) in [5, 5.41) is 0.741. The molecule has 1 aromatic carbocycles. The topological polar surface area (TPSA) is 21.7 Å². The van der Waals surface area contributed by atoms with Gasteiger partial charge in [0.15, 0.2) is 0 Å². The third-order valence-corrected chi connectivity index (χ3v) is 4.89. The quantitative estimate of drug-likeness (QED) is 0.792. The van der Waals surface area contributed by atoms with E-state index in [2.05, 4.69) is 17.0 Å². The van der Waals surface area contributed by atoms with Crippen molar-refractivity contribution in [1.82, 2.24) is 4.90 Å². The third-order valence-electron chi connectivity index (χ3n) is 4.60. The van der Waals surface area contributed by atoms with Crippen molar-refractivity contribution >= 4 is 11.6 Å². The van der Waals surface area contributed by atoms with Crippen LogP contribution in [0.1, 0.15) is 37.7 Å². The number of benzene rings is 1. The number of halogens is 1. The first-order valence-electron chi connectivity index (χ1n) is 8.56. The van der Waals surface area contributed by atoms with Crippen LogP contribution in [0, 0.1) is 0 Å². The molecule has 2 aliphatic heterocycles. The van der Waals surface area contributed by atoms with Crippen LogP contribution < -0.4 is 4.74 Å². The van der Waals surface area contributed by atoms with Gasteiger partial charge in [0.2, 0.25) is 0 Å². The Labute approximate surface area is 138 Å². The lowest BCUT2D eigenvalue weighted by atomic mass is 10.1. The van der Waals surface area contributed by atoms with Gasteiger partial charge in [0.25, 0.3) is 0 Å². The van der Waals surface area contributed by atoms with Gasteiger partial charge in [0, 0.05) is 12.8 Å². The van der Waals surface area contributed by atoms with Gasteiger partial charge in [-0.3, -0.25) is 0 Å². The predicted molar refractivity (Wildman–Crippen MR) is 89.9 cm³/mol. The summed E-state index contributed by atoms with van der Waals surface area (Å²) in [6, 6.07) is 6.26. The van der Waals surface area contributed by atoms with Gasteiger partial charge < -0.3 is 14.4 Å². The fourth-order valence-corrected chi connectivity index (χ4v) is 3.53. The summed E-state index contributed by atoms with van der Waals surface area (Å²) >= 11 is 6.39. The SMILES string of the molecule is Clc1cc(CCCN2CCCC2)ccc1OC1CCOCC1. The first-order valence-corrected chi connectivity index (χ1v) is 8.94. The van der Waals surface area contributed by atoms with E-state index in [4.69, 9.17) is 21.1 Å². The Bertz CT molecular complexity index is 468. The fraction of sp³-hybridized carbons (Fsp3) is 0.667. The van der Waals surface area contributed by atoms with Gasteiger partial charge in [0.1, 0.15) is 11.9 Å². The van der Waals surface area contributed by atoms with Gasteiger partial charge in [-0.2, -0.15) is 0 Å². The molecule has 0 amide bonds. The molecule has 122 valence electrons. The number of rotatable bonds is 6. The Morgan fingerprint density at radius 3 is 2.68 bits per heavy atom. The van der Waals surface area contributed by atoms with Crippen molar-refractivity contribution in [3.63, 3.8) is 0 Å². The Balaban J connectivity index is 1.48. The molecule has 0 aliphatic carbocycles. The summed E-state index contributed by atoms with van der Waals surface area (Å²) < 4.78 is 11.4. The second-order valence-electron chi connectivity index (χ2n) is 6.35. The lowest BCUT2D eigenvalue weighted by molar-refractivity contribution is 0.0256. The molecular weight excluding hydrogens is 298 g/mol. The van der Waals surface area contributed by atoms with Gasteiger partial charge in [-0.05, 0) is 63.0 Å². The van der Waals surface area contributed by atoms with Crippen LogP contribution >= 0.6 is 11.6 Å². The average Bonchev–Trinajstić information content (AvgIpc) is 3.04. The van der Waals surface area contributed by atoms with Crippen molar-refractivity contribution in [3.8, 4) is 5.75 Å². The number of ether oxygens (including phenoxy) is 2. The number of aryl methyl sites for hydroxylation is 1. The van der Waals surface area contributed by atoms with Crippen LogP contribution in [0.2, 0.25) is 5.02 Å². The van der Waals surface area contributed by atoms with Crippen LogP contribution in [0.4, 0.5) is 0 Å². The Kier molecular flexibility index (Phi) is 5.99. The molecule has 2 heterocycles. The van der Waals surface area contributed by atoms with Gasteiger partial charge in [-0.25, -0.2) is 0 Å². The van der Waals surface area contributed by atoms with Crippen molar-refractivity contribution in [2.75, 3.05) is 32.8 Å². The predicted octanol–water partition coefficient (Wildman–Crippen LogP) is 3.93. The molecule has 0 radical (unpaired) electrons. The smallest absolute Gasteiger partial charge is 0.138 e. The maximum atomic E-state index is 6.39. The van der Waals surface area contributed by atoms with Crippen LogP contribution in [0.15, 0.2) is 18.2 Å². The Morgan fingerprint density at radius 1 is 1.18 bits per heavy atom. The highest BCUT2D eigenvalue weighted by atomic mass is 35.5. The standard InChI is InChI=1S/C18H26ClNO2/c19-17-14-15(4-3-11-20-9-1-2-10-20)5-6-18(17)22-16-7-12-21-13-8-16/h5-6,14,16H,1-4,7-13H2. The van der Waals surface area contributed by atoms with E-state index < -0.39 is 0 Å². The lowest BCUT2D eigenvalue weighted by Gasteiger charge is -2.24. The van der Waals surface area contributed by atoms with E-state index in [0.29, 0.717) is 0 Å². The zero-order valence-electron chi connectivity index (χ0n) is 13.2. The lowest BCUT2D eigenvalue weighted by Crippen LogP contribution is -2.25. The molecule has 0 atom stereocenters. The summed E-state index contributed by atoms with van der Waals surface area (Å²) in [6.07, 6.45) is 7.17. The summed E-state index contributed by atoms with van der Waals surface area (Å²) in [5.74, 6) is 0.817. The molecule has 22 heavy (non-hydrogen) atoms. The molecule has 0 aromatic heterocycles. The van der Waals surface area contributed by atoms with Crippen LogP contribution in [-0.2, 0) is 11.2 Å².